The number of benzene rings is 1. The smallest absolute Gasteiger partial charge is 0.410 e. The molecule has 33 heavy (non-hydrogen) atoms. The highest BCUT2D eigenvalue weighted by molar-refractivity contribution is 6.30. The Labute approximate surface area is 196 Å². The third kappa shape index (κ3) is 5.14. The summed E-state index contributed by atoms with van der Waals surface area (Å²) in [6.07, 6.45) is -1.98. The van der Waals surface area contributed by atoms with Crippen LogP contribution < -0.4 is 9.47 Å². The van der Waals surface area contributed by atoms with Crippen LogP contribution in [0, 0.1) is 5.92 Å². The van der Waals surface area contributed by atoms with Gasteiger partial charge in [-0.3, -0.25) is 0 Å². The van der Waals surface area contributed by atoms with E-state index in [1.807, 2.05) is 0 Å². The summed E-state index contributed by atoms with van der Waals surface area (Å²) in [5.41, 5.74) is 0.606. The molecule has 1 aliphatic heterocycles. The van der Waals surface area contributed by atoms with E-state index in [1.165, 1.54) is 12.0 Å². The third-order valence-electron chi connectivity index (χ3n) is 5.60. The van der Waals surface area contributed by atoms with E-state index in [2.05, 4.69) is 10.2 Å². The summed E-state index contributed by atoms with van der Waals surface area (Å²) in [6, 6.07) is 7.97. The van der Waals surface area contributed by atoms with Gasteiger partial charge in [0.15, 0.2) is 13.0 Å². The van der Waals surface area contributed by atoms with E-state index >= 15 is 4.39 Å². The van der Waals surface area contributed by atoms with Crippen LogP contribution >= 0.6 is 11.6 Å². The molecule has 2 fully saturated rings. The van der Waals surface area contributed by atoms with Crippen molar-refractivity contribution in [2.24, 2.45) is 5.92 Å². The first-order valence-electron chi connectivity index (χ1n) is 10.7. The molecule has 4 atom stereocenters. The van der Waals surface area contributed by atoms with Crippen molar-refractivity contribution in [1.29, 1.82) is 0 Å². The predicted molar refractivity (Wildman–Crippen MR) is 119 cm³/mol. The first kappa shape index (κ1) is 23.5. The van der Waals surface area contributed by atoms with Crippen LogP contribution in [-0.4, -0.2) is 65.6 Å². The molecule has 1 amide bonds. The molecule has 178 valence electrons. The molecule has 0 radical (unpaired) electrons. The minimum atomic E-state index is -1.33. The molecule has 2 aliphatic rings. The van der Waals surface area contributed by atoms with Crippen LogP contribution in [0.2, 0.25) is 5.02 Å². The van der Waals surface area contributed by atoms with E-state index in [0.717, 1.165) is 0 Å². The van der Waals surface area contributed by atoms with Crippen LogP contribution in [0.4, 0.5) is 9.18 Å². The molecule has 2 aromatic rings. The molecule has 4 rings (SSSR count). The Balaban J connectivity index is 1.43. The number of likely N-dealkylation sites (tertiary alicyclic amines) is 1. The zero-order valence-corrected chi connectivity index (χ0v) is 19.7. The van der Waals surface area contributed by atoms with Crippen molar-refractivity contribution in [3.8, 4) is 22.9 Å². The van der Waals surface area contributed by atoms with E-state index in [4.69, 9.17) is 30.5 Å². The predicted octanol–water partition coefficient (Wildman–Crippen LogP) is 4.50. The summed E-state index contributed by atoms with van der Waals surface area (Å²) in [7, 11) is 1.52. The van der Waals surface area contributed by atoms with E-state index < -0.39 is 30.0 Å². The summed E-state index contributed by atoms with van der Waals surface area (Å²) >= 11 is 6.06. The van der Waals surface area contributed by atoms with Crippen molar-refractivity contribution in [3.05, 3.63) is 35.4 Å². The number of hydrogen-bond donors (Lipinski definition) is 0. The van der Waals surface area contributed by atoms with E-state index in [-0.39, 0.29) is 18.6 Å². The lowest BCUT2D eigenvalue weighted by atomic mass is 10.0. The number of alkyl halides is 1. The second-order valence-electron chi connectivity index (χ2n) is 9.17. The molecule has 0 N–H and O–H groups in total. The number of ether oxygens (including phenoxy) is 4. The monoisotopic (exact) mass is 479 g/mol. The molecule has 1 unspecified atom stereocenters. The first-order valence-corrected chi connectivity index (χ1v) is 11.1. The van der Waals surface area contributed by atoms with E-state index in [1.54, 1.807) is 51.1 Å². The largest absolute Gasteiger partial charge is 0.470 e. The summed E-state index contributed by atoms with van der Waals surface area (Å²) in [5.74, 6) is 0.590. The Morgan fingerprint density at radius 3 is 2.67 bits per heavy atom. The number of carbonyl (C=O) groups excluding carboxylic acids is 1. The minimum Gasteiger partial charge on any atom is -0.470 e. The van der Waals surface area contributed by atoms with Gasteiger partial charge in [0.25, 0.3) is 0 Å². The van der Waals surface area contributed by atoms with Gasteiger partial charge in [0, 0.05) is 36.2 Å². The van der Waals surface area contributed by atoms with Gasteiger partial charge in [-0.15, -0.1) is 10.2 Å². The van der Waals surface area contributed by atoms with Crippen LogP contribution in [0.1, 0.15) is 27.2 Å². The quantitative estimate of drug-likeness (QED) is 0.564. The van der Waals surface area contributed by atoms with Gasteiger partial charge in [0.2, 0.25) is 5.88 Å². The van der Waals surface area contributed by atoms with Gasteiger partial charge in [0.05, 0.1) is 11.7 Å². The lowest BCUT2D eigenvalue weighted by Crippen LogP contribution is -2.51. The lowest BCUT2D eigenvalue weighted by Gasteiger charge is -2.35. The number of piperidine rings is 1. The average Bonchev–Trinajstić information content (AvgIpc) is 3.32. The topological polar surface area (TPSA) is 83.0 Å². The van der Waals surface area contributed by atoms with Crippen molar-refractivity contribution in [2.75, 3.05) is 20.4 Å². The standard InChI is InChI=1S/C23H27ClFN3O5/c1-23(2,3)33-22(29)28-11-13-9-17(28)20(25)21(13)32-19-8-7-16(26-27-19)15-6-5-14(24)10-18(15)31-12-30-4/h5-8,10,13,17,20-21H,9,11-12H2,1-4H3/t13?,17-,20-,21-/m0/s1. The Morgan fingerprint density at radius 1 is 1.24 bits per heavy atom. The number of hydrogen-bond acceptors (Lipinski definition) is 7. The fourth-order valence-electron chi connectivity index (χ4n) is 4.23. The molecule has 1 aromatic heterocycles. The molecular formula is C23H27ClFN3O5. The number of amides is 1. The van der Waals surface area contributed by atoms with Gasteiger partial charge >= 0.3 is 6.09 Å². The number of halogens is 2. The van der Waals surface area contributed by atoms with Crippen molar-refractivity contribution < 1.29 is 28.1 Å². The third-order valence-corrected chi connectivity index (χ3v) is 5.83. The first-order chi connectivity index (χ1) is 15.7. The van der Waals surface area contributed by atoms with Crippen LogP contribution in [-0.2, 0) is 9.47 Å². The molecule has 2 heterocycles. The van der Waals surface area contributed by atoms with Gasteiger partial charge in [-0.05, 0) is 51.5 Å². The molecular weight excluding hydrogens is 453 g/mol. The normalized spacial score (nSPS) is 24.1. The molecule has 1 aromatic carbocycles. The van der Waals surface area contributed by atoms with Gasteiger partial charge in [-0.1, -0.05) is 11.6 Å². The number of nitrogens with zero attached hydrogens (tertiary/aromatic N) is 3. The SMILES string of the molecule is COCOc1cc(Cl)ccc1-c1ccc(O[C@H]2C3C[C@@H]([C@@H]2F)N(C(=O)OC(C)(C)C)C3)nn1. The van der Waals surface area contributed by atoms with Crippen LogP contribution in [0.5, 0.6) is 11.6 Å². The Hall–Kier alpha value is -2.65. The van der Waals surface area contributed by atoms with Crippen molar-refractivity contribution in [2.45, 2.75) is 51.1 Å². The molecule has 2 bridgehead atoms. The number of fused-ring (bicyclic) bond motifs is 2. The Kier molecular flexibility index (Phi) is 6.63. The summed E-state index contributed by atoms with van der Waals surface area (Å²) < 4.78 is 36.9. The fourth-order valence-corrected chi connectivity index (χ4v) is 4.39. The number of aromatic nitrogens is 2. The molecule has 1 saturated heterocycles. The maximum absolute atomic E-state index is 15.1. The van der Waals surface area contributed by atoms with Crippen LogP contribution in [0.15, 0.2) is 30.3 Å². The molecule has 1 saturated carbocycles. The zero-order chi connectivity index (χ0) is 23.8. The summed E-state index contributed by atoms with van der Waals surface area (Å²) in [6.45, 7) is 5.82. The average molecular weight is 480 g/mol. The summed E-state index contributed by atoms with van der Waals surface area (Å²) in [4.78, 5) is 13.9. The van der Waals surface area contributed by atoms with E-state index in [0.29, 0.717) is 35.0 Å². The molecule has 8 nitrogen and oxygen atoms in total. The lowest BCUT2D eigenvalue weighted by molar-refractivity contribution is -0.0154. The number of rotatable bonds is 6. The maximum atomic E-state index is 15.1. The highest BCUT2D eigenvalue weighted by Crippen LogP contribution is 2.42. The van der Waals surface area contributed by atoms with Gasteiger partial charge in [0.1, 0.15) is 17.5 Å². The molecule has 10 heteroatoms. The van der Waals surface area contributed by atoms with Crippen molar-refractivity contribution in [3.63, 3.8) is 0 Å². The zero-order valence-electron chi connectivity index (χ0n) is 19.0. The highest BCUT2D eigenvalue weighted by atomic mass is 35.5. The second-order valence-corrected chi connectivity index (χ2v) is 9.61. The maximum Gasteiger partial charge on any atom is 0.410 e. The fraction of sp³-hybridized carbons (Fsp3) is 0.522. The Bertz CT molecular complexity index is 999. The van der Waals surface area contributed by atoms with Gasteiger partial charge < -0.3 is 23.8 Å². The summed E-state index contributed by atoms with van der Waals surface area (Å²) in [5, 5.41) is 8.85. The Morgan fingerprint density at radius 2 is 2.03 bits per heavy atom. The minimum absolute atomic E-state index is 0.0599. The number of methoxy groups -OCH3 is 1. The van der Waals surface area contributed by atoms with Crippen LogP contribution in [0.25, 0.3) is 11.3 Å². The van der Waals surface area contributed by atoms with Gasteiger partial charge in [-0.25, -0.2) is 9.18 Å². The molecule has 1 aliphatic carbocycles. The van der Waals surface area contributed by atoms with E-state index in [9.17, 15) is 4.79 Å². The molecule has 0 spiro atoms. The number of carbonyl (C=O) groups is 1. The highest BCUT2D eigenvalue weighted by Gasteiger charge is 2.56. The van der Waals surface area contributed by atoms with Gasteiger partial charge in [-0.2, -0.15) is 0 Å². The second kappa shape index (κ2) is 9.30. The van der Waals surface area contributed by atoms with Crippen molar-refractivity contribution in [1.82, 2.24) is 15.1 Å². The van der Waals surface area contributed by atoms with Crippen LogP contribution in [0.3, 0.4) is 0 Å². The van der Waals surface area contributed by atoms with Crippen molar-refractivity contribution >= 4 is 17.7 Å².